The van der Waals surface area contributed by atoms with E-state index in [0.717, 1.165) is 17.5 Å². The minimum absolute atomic E-state index is 0.171. The summed E-state index contributed by atoms with van der Waals surface area (Å²) in [6.45, 7) is 3.70. The maximum Gasteiger partial charge on any atom is 0.434 e. The van der Waals surface area contributed by atoms with Gasteiger partial charge in [0.25, 0.3) is 0 Å². The molecule has 3 rings (SSSR count). The summed E-state index contributed by atoms with van der Waals surface area (Å²) in [5, 5.41) is 0. The Morgan fingerprint density at radius 2 is 1.61 bits per heavy atom. The van der Waals surface area contributed by atoms with Crippen LogP contribution in [0.1, 0.15) is 17.0 Å². The number of nitrogens with zero attached hydrogens (tertiary/aromatic N) is 3. The molecule has 0 unspecified atom stereocenters. The predicted molar refractivity (Wildman–Crippen MR) is 81.3 cm³/mol. The third kappa shape index (κ3) is 3.11. The van der Waals surface area contributed by atoms with Crippen molar-refractivity contribution in [3.05, 3.63) is 65.6 Å². The molecular weight excluding hydrogens is 303 g/mol. The fourth-order valence-corrected chi connectivity index (χ4v) is 2.27. The number of pyridine rings is 1. The van der Waals surface area contributed by atoms with Gasteiger partial charge in [-0.1, -0.05) is 23.8 Å². The normalized spacial score (nSPS) is 11.7. The van der Waals surface area contributed by atoms with Crippen LogP contribution in [0.3, 0.4) is 0 Å². The van der Waals surface area contributed by atoms with Crippen LogP contribution in [0.5, 0.6) is 0 Å². The first-order valence-electron chi connectivity index (χ1n) is 7.02. The molecule has 0 atom stereocenters. The van der Waals surface area contributed by atoms with Crippen LogP contribution in [0.25, 0.3) is 17.2 Å². The molecule has 0 saturated carbocycles. The Balaban J connectivity index is 2.21. The second-order valence-electron chi connectivity index (χ2n) is 5.32. The van der Waals surface area contributed by atoms with E-state index in [2.05, 4.69) is 9.97 Å². The average molecular weight is 317 g/mol. The van der Waals surface area contributed by atoms with Crippen LogP contribution in [0.2, 0.25) is 0 Å². The van der Waals surface area contributed by atoms with Gasteiger partial charge in [-0.05, 0) is 38.1 Å². The van der Waals surface area contributed by atoms with Crippen molar-refractivity contribution in [1.29, 1.82) is 0 Å². The summed E-state index contributed by atoms with van der Waals surface area (Å²) in [6.07, 6.45) is -3.50. The van der Waals surface area contributed by atoms with Gasteiger partial charge in [-0.15, -0.1) is 0 Å². The minimum Gasteiger partial charge on any atom is -0.298 e. The monoisotopic (exact) mass is 317 g/mol. The lowest BCUT2D eigenvalue weighted by Crippen LogP contribution is -2.05. The van der Waals surface area contributed by atoms with Crippen molar-refractivity contribution in [2.24, 2.45) is 0 Å². The van der Waals surface area contributed by atoms with Gasteiger partial charge in [0.05, 0.1) is 0 Å². The van der Waals surface area contributed by atoms with Gasteiger partial charge in [-0.3, -0.25) is 4.57 Å². The molecule has 1 aromatic carbocycles. The Labute approximate surface area is 131 Å². The molecule has 0 spiro atoms. The molecule has 0 fully saturated rings. The Morgan fingerprint density at radius 3 is 2.22 bits per heavy atom. The van der Waals surface area contributed by atoms with Crippen LogP contribution in [-0.2, 0) is 6.18 Å². The summed E-state index contributed by atoms with van der Waals surface area (Å²) in [4.78, 5) is 8.06. The van der Waals surface area contributed by atoms with Gasteiger partial charge < -0.3 is 0 Å². The smallest absolute Gasteiger partial charge is 0.298 e. The summed E-state index contributed by atoms with van der Waals surface area (Å²) < 4.78 is 40.6. The van der Waals surface area contributed by atoms with Crippen molar-refractivity contribution in [3.8, 4) is 17.2 Å². The summed E-state index contributed by atoms with van der Waals surface area (Å²) in [5.41, 5.74) is 1.82. The first-order valence-corrected chi connectivity index (χ1v) is 7.02. The van der Waals surface area contributed by atoms with Crippen LogP contribution < -0.4 is 0 Å². The van der Waals surface area contributed by atoms with Crippen LogP contribution >= 0.6 is 0 Å². The van der Waals surface area contributed by atoms with E-state index < -0.39 is 11.9 Å². The number of hydrogen-bond acceptors (Lipinski definition) is 2. The topological polar surface area (TPSA) is 30.7 Å². The molecule has 0 radical (unpaired) electrons. The number of hydrogen-bond donors (Lipinski definition) is 0. The quantitative estimate of drug-likeness (QED) is 0.693. The van der Waals surface area contributed by atoms with E-state index in [-0.39, 0.29) is 5.82 Å². The molecule has 2 aromatic heterocycles. The van der Waals surface area contributed by atoms with E-state index in [4.69, 9.17) is 0 Å². The Hall–Kier alpha value is -2.63. The van der Waals surface area contributed by atoms with E-state index in [9.17, 15) is 13.2 Å². The van der Waals surface area contributed by atoms with Crippen LogP contribution in [0.15, 0.2) is 48.7 Å². The largest absolute Gasteiger partial charge is 0.434 e. The van der Waals surface area contributed by atoms with Gasteiger partial charge in [0, 0.05) is 17.6 Å². The van der Waals surface area contributed by atoms with E-state index in [0.29, 0.717) is 11.4 Å². The molecule has 2 heterocycles. The molecule has 3 nitrogen and oxygen atoms in total. The minimum atomic E-state index is -4.51. The summed E-state index contributed by atoms with van der Waals surface area (Å²) in [7, 11) is 0. The molecule has 3 aromatic rings. The van der Waals surface area contributed by atoms with Gasteiger partial charge in [0.2, 0.25) is 0 Å². The highest BCUT2D eigenvalue weighted by Gasteiger charge is 2.35. The standard InChI is InChI=1S/C17H14F3N3/c1-11-6-8-13(9-7-11)23-10-15(17(18,19)20)22-16(23)14-5-3-4-12(2)21-14/h3-10H,1-2H3. The van der Waals surface area contributed by atoms with Crippen LogP contribution in [0.4, 0.5) is 13.2 Å². The maximum absolute atomic E-state index is 13.1. The van der Waals surface area contributed by atoms with Gasteiger partial charge in [0.15, 0.2) is 11.5 Å². The fourth-order valence-electron chi connectivity index (χ4n) is 2.27. The molecule has 6 heteroatoms. The number of imidazole rings is 1. The van der Waals surface area contributed by atoms with Crippen molar-refractivity contribution in [3.63, 3.8) is 0 Å². The highest BCUT2D eigenvalue weighted by atomic mass is 19.4. The summed E-state index contributed by atoms with van der Waals surface area (Å²) in [5.74, 6) is 0.171. The molecule has 118 valence electrons. The van der Waals surface area contributed by atoms with Crippen molar-refractivity contribution in [2.45, 2.75) is 20.0 Å². The molecule has 0 amide bonds. The molecule has 0 aliphatic carbocycles. The van der Waals surface area contributed by atoms with Crippen LogP contribution in [-0.4, -0.2) is 14.5 Å². The van der Waals surface area contributed by atoms with Crippen molar-refractivity contribution in [1.82, 2.24) is 14.5 Å². The first kappa shape index (κ1) is 15.3. The van der Waals surface area contributed by atoms with Crippen molar-refractivity contribution in [2.75, 3.05) is 0 Å². The lowest BCUT2D eigenvalue weighted by atomic mass is 10.2. The number of alkyl halides is 3. The first-order chi connectivity index (χ1) is 10.8. The third-order valence-electron chi connectivity index (χ3n) is 3.43. The number of halogens is 3. The highest BCUT2D eigenvalue weighted by Crippen LogP contribution is 2.32. The molecule has 0 bridgehead atoms. The second kappa shape index (κ2) is 5.53. The lowest BCUT2D eigenvalue weighted by Gasteiger charge is -2.08. The third-order valence-corrected chi connectivity index (χ3v) is 3.43. The molecule has 0 saturated heterocycles. The van der Waals surface area contributed by atoms with Crippen LogP contribution in [0, 0.1) is 13.8 Å². The molecule has 0 aliphatic rings. The molecule has 0 aliphatic heterocycles. The zero-order chi connectivity index (χ0) is 16.6. The van der Waals surface area contributed by atoms with E-state index in [1.54, 1.807) is 37.3 Å². The number of aryl methyl sites for hydroxylation is 2. The van der Waals surface area contributed by atoms with Gasteiger partial charge in [-0.2, -0.15) is 13.2 Å². The number of benzene rings is 1. The van der Waals surface area contributed by atoms with Crippen molar-refractivity contribution >= 4 is 0 Å². The SMILES string of the molecule is Cc1ccc(-n2cc(C(F)(F)F)nc2-c2cccc(C)n2)cc1. The van der Waals surface area contributed by atoms with Crippen molar-refractivity contribution < 1.29 is 13.2 Å². The molecule has 0 N–H and O–H groups in total. The predicted octanol–water partition coefficient (Wildman–Crippen LogP) is 4.57. The van der Waals surface area contributed by atoms with Gasteiger partial charge >= 0.3 is 6.18 Å². The van der Waals surface area contributed by atoms with E-state index in [1.165, 1.54) is 4.57 Å². The highest BCUT2D eigenvalue weighted by molar-refractivity contribution is 5.55. The maximum atomic E-state index is 13.1. The van der Waals surface area contributed by atoms with Gasteiger partial charge in [-0.25, -0.2) is 9.97 Å². The fraction of sp³-hybridized carbons (Fsp3) is 0.176. The van der Waals surface area contributed by atoms with E-state index in [1.807, 2.05) is 19.1 Å². The molecule has 23 heavy (non-hydrogen) atoms. The van der Waals surface area contributed by atoms with E-state index >= 15 is 0 Å². The number of aromatic nitrogens is 3. The zero-order valence-corrected chi connectivity index (χ0v) is 12.6. The summed E-state index contributed by atoms with van der Waals surface area (Å²) >= 11 is 0. The second-order valence-corrected chi connectivity index (χ2v) is 5.32. The Bertz CT molecular complexity index is 833. The summed E-state index contributed by atoms with van der Waals surface area (Å²) in [6, 6.07) is 12.4. The Kier molecular flexibility index (Phi) is 3.67. The van der Waals surface area contributed by atoms with Gasteiger partial charge in [0.1, 0.15) is 5.69 Å². The lowest BCUT2D eigenvalue weighted by molar-refractivity contribution is -0.140. The number of rotatable bonds is 2. The Morgan fingerprint density at radius 1 is 0.913 bits per heavy atom. The average Bonchev–Trinajstić information content (AvgIpc) is 2.93. The zero-order valence-electron chi connectivity index (χ0n) is 12.6. The molecular formula is C17H14F3N3.